The molecule has 132 valence electrons. The third-order valence-corrected chi connectivity index (χ3v) is 4.40. The van der Waals surface area contributed by atoms with Crippen molar-refractivity contribution in [3.63, 3.8) is 0 Å². The first kappa shape index (κ1) is 16.4. The van der Waals surface area contributed by atoms with Gasteiger partial charge in [0.2, 0.25) is 0 Å². The van der Waals surface area contributed by atoms with Crippen molar-refractivity contribution in [1.82, 2.24) is 30.0 Å². The summed E-state index contributed by atoms with van der Waals surface area (Å²) in [5.41, 5.74) is 3.85. The first-order valence-electron chi connectivity index (χ1n) is 8.66. The number of piperazine rings is 1. The van der Waals surface area contributed by atoms with E-state index in [0.29, 0.717) is 18.8 Å². The summed E-state index contributed by atoms with van der Waals surface area (Å²) in [6.45, 7) is 4.99. The Bertz CT molecular complexity index is 898. The normalized spacial score (nSPS) is 14.4. The fourth-order valence-corrected chi connectivity index (χ4v) is 2.99. The molecule has 1 aliphatic rings. The van der Waals surface area contributed by atoms with Crippen LogP contribution in [-0.2, 0) is 0 Å². The van der Waals surface area contributed by atoms with Crippen molar-refractivity contribution in [2.75, 3.05) is 26.2 Å². The van der Waals surface area contributed by atoms with Crippen LogP contribution in [0.4, 0.5) is 0 Å². The molecule has 26 heavy (non-hydrogen) atoms. The second-order valence-electron chi connectivity index (χ2n) is 6.30. The zero-order chi connectivity index (χ0) is 17.9. The molecule has 0 radical (unpaired) electrons. The molecule has 0 spiro atoms. The van der Waals surface area contributed by atoms with Crippen LogP contribution in [-0.4, -0.2) is 56.7 Å². The highest BCUT2D eigenvalue weighted by atomic mass is 16.2. The van der Waals surface area contributed by atoms with E-state index in [0.717, 1.165) is 35.7 Å². The molecular formula is C19H20N6O. The predicted octanol–water partition coefficient (Wildman–Crippen LogP) is 1.68. The molecule has 4 heterocycles. The molecule has 0 bridgehead atoms. The summed E-state index contributed by atoms with van der Waals surface area (Å²) in [5.74, 6) is -0.0532. The van der Waals surface area contributed by atoms with E-state index in [-0.39, 0.29) is 5.91 Å². The third kappa shape index (κ3) is 3.21. The Morgan fingerprint density at radius 2 is 2.00 bits per heavy atom. The van der Waals surface area contributed by atoms with Crippen molar-refractivity contribution in [3.8, 4) is 17.1 Å². The molecule has 1 N–H and O–H groups in total. The predicted molar refractivity (Wildman–Crippen MR) is 98.1 cm³/mol. The molecule has 4 rings (SSSR count). The number of carbonyl (C=O) groups excluding carboxylic acids is 1. The molecule has 0 atom stereocenters. The Hall–Kier alpha value is -3.06. The van der Waals surface area contributed by atoms with E-state index in [1.807, 2.05) is 48.4 Å². The van der Waals surface area contributed by atoms with E-state index in [1.54, 1.807) is 17.1 Å². The van der Waals surface area contributed by atoms with Gasteiger partial charge >= 0.3 is 0 Å². The van der Waals surface area contributed by atoms with Crippen LogP contribution >= 0.6 is 0 Å². The Balaban J connectivity index is 1.77. The molecule has 0 saturated carbocycles. The molecule has 7 nitrogen and oxygen atoms in total. The van der Waals surface area contributed by atoms with Gasteiger partial charge in [0.1, 0.15) is 0 Å². The molecule has 1 amide bonds. The number of pyridine rings is 2. The standard InChI is InChI=1S/C19H20N6O/c1-14-4-5-16(22-12-14)18-11-17(19(26)24-9-7-20-8-10-24)23-25(18)15-3-2-6-21-13-15/h2-6,11-13,20H,7-10H2,1H3. The van der Waals surface area contributed by atoms with Crippen LogP contribution in [0.2, 0.25) is 0 Å². The Morgan fingerprint density at radius 3 is 2.69 bits per heavy atom. The second kappa shape index (κ2) is 7.05. The lowest BCUT2D eigenvalue weighted by atomic mass is 10.2. The van der Waals surface area contributed by atoms with Crippen molar-refractivity contribution in [2.24, 2.45) is 0 Å². The lowest BCUT2D eigenvalue weighted by Gasteiger charge is -2.26. The topological polar surface area (TPSA) is 75.9 Å². The van der Waals surface area contributed by atoms with Crippen LogP contribution < -0.4 is 5.32 Å². The lowest BCUT2D eigenvalue weighted by molar-refractivity contribution is 0.0729. The molecule has 1 saturated heterocycles. The molecule has 0 aromatic carbocycles. The zero-order valence-electron chi connectivity index (χ0n) is 14.6. The fourth-order valence-electron chi connectivity index (χ4n) is 2.99. The van der Waals surface area contributed by atoms with E-state index in [4.69, 9.17) is 0 Å². The second-order valence-corrected chi connectivity index (χ2v) is 6.30. The van der Waals surface area contributed by atoms with Gasteiger partial charge in [-0.1, -0.05) is 6.07 Å². The van der Waals surface area contributed by atoms with Gasteiger partial charge in [-0.2, -0.15) is 5.10 Å². The van der Waals surface area contributed by atoms with Crippen molar-refractivity contribution < 1.29 is 4.79 Å². The minimum absolute atomic E-state index is 0.0532. The summed E-state index contributed by atoms with van der Waals surface area (Å²) >= 11 is 0. The van der Waals surface area contributed by atoms with Crippen molar-refractivity contribution in [3.05, 3.63) is 60.2 Å². The van der Waals surface area contributed by atoms with Gasteiger partial charge in [0.15, 0.2) is 5.69 Å². The van der Waals surface area contributed by atoms with Crippen LogP contribution in [0.5, 0.6) is 0 Å². The van der Waals surface area contributed by atoms with E-state index in [9.17, 15) is 4.79 Å². The minimum atomic E-state index is -0.0532. The van der Waals surface area contributed by atoms with E-state index < -0.39 is 0 Å². The highest BCUT2D eigenvalue weighted by Crippen LogP contribution is 2.23. The number of rotatable bonds is 3. The molecule has 1 aliphatic heterocycles. The molecule has 0 aliphatic carbocycles. The molecule has 3 aromatic rings. The fraction of sp³-hybridized carbons (Fsp3) is 0.263. The van der Waals surface area contributed by atoms with Gasteiger partial charge in [0, 0.05) is 38.6 Å². The van der Waals surface area contributed by atoms with Crippen molar-refractivity contribution in [2.45, 2.75) is 6.92 Å². The third-order valence-electron chi connectivity index (χ3n) is 4.40. The van der Waals surface area contributed by atoms with Crippen LogP contribution in [0.25, 0.3) is 17.1 Å². The van der Waals surface area contributed by atoms with Gasteiger partial charge in [-0.15, -0.1) is 0 Å². The molecule has 7 heteroatoms. The van der Waals surface area contributed by atoms with Crippen molar-refractivity contribution >= 4 is 5.91 Å². The summed E-state index contributed by atoms with van der Waals surface area (Å²) in [6, 6.07) is 9.52. The summed E-state index contributed by atoms with van der Waals surface area (Å²) in [6.07, 6.45) is 5.25. The number of aromatic nitrogens is 4. The summed E-state index contributed by atoms with van der Waals surface area (Å²) in [7, 11) is 0. The van der Waals surface area contributed by atoms with Gasteiger partial charge < -0.3 is 10.2 Å². The molecule has 1 fully saturated rings. The van der Waals surface area contributed by atoms with Gasteiger partial charge in [0.25, 0.3) is 5.91 Å². The number of carbonyl (C=O) groups is 1. The number of amides is 1. The van der Waals surface area contributed by atoms with Crippen LogP contribution in [0, 0.1) is 6.92 Å². The quantitative estimate of drug-likeness (QED) is 0.779. The molecule has 3 aromatic heterocycles. The average molecular weight is 348 g/mol. The Kier molecular flexibility index (Phi) is 4.45. The maximum Gasteiger partial charge on any atom is 0.274 e. The maximum absolute atomic E-state index is 12.9. The SMILES string of the molecule is Cc1ccc(-c2cc(C(=O)N3CCNCC3)nn2-c2cccnc2)nc1. The number of nitrogens with zero attached hydrogens (tertiary/aromatic N) is 5. The first-order valence-corrected chi connectivity index (χ1v) is 8.66. The van der Waals surface area contributed by atoms with E-state index >= 15 is 0 Å². The molecular weight excluding hydrogens is 328 g/mol. The minimum Gasteiger partial charge on any atom is -0.335 e. The zero-order valence-corrected chi connectivity index (χ0v) is 14.6. The Labute approximate surface area is 151 Å². The van der Waals surface area contributed by atoms with Gasteiger partial charge in [-0.05, 0) is 36.8 Å². The van der Waals surface area contributed by atoms with Gasteiger partial charge in [-0.25, -0.2) is 4.68 Å². The largest absolute Gasteiger partial charge is 0.335 e. The van der Waals surface area contributed by atoms with Gasteiger partial charge in [0.05, 0.1) is 23.3 Å². The number of hydrogen-bond acceptors (Lipinski definition) is 5. The number of hydrogen-bond donors (Lipinski definition) is 1. The summed E-state index contributed by atoms with van der Waals surface area (Å²) < 4.78 is 1.74. The number of nitrogens with one attached hydrogen (secondary N) is 1. The monoisotopic (exact) mass is 348 g/mol. The van der Waals surface area contributed by atoms with Gasteiger partial charge in [-0.3, -0.25) is 14.8 Å². The summed E-state index contributed by atoms with van der Waals surface area (Å²) in [4.78, 5) is 23.4. The van der Waals surface area contributed by atoms with Crippen molar-refractivity contribution in [1.29, 1.82) is 0 Å². The van der Waals surface area contributed by atoms with Crippen LogP contribution in [0.3, 0.4) is 0 Å². The number of aryl methyl sites for hydroxylation is 1. The van der Waals surface area contributed by atoms with E-state index in [2.05, 4.69) is 20.4 Å². The van der Waals surface area contributed by atoms with Crippen LogP contribution in [0.15, 0.2) is 48.9 Å². The smallest absolute Gasteiger partial charge is 0.274 e. The summed E-state index contributed by atoms with van der Waals surface area (Å²) in [5, 5.41) is 7.84. The highest BCUT2D eigenvalue weighted by molar-refractivity contribution is 5.93. The first-order chi connectivity index (χ1) is 12.7. The average Bonchev–Trinajstić information content (AvgIpc) is 3.15. The lowest BCUT2D eigenvalue weighted by Crippen LogP contribution is -2.46. The van der Waals surface area contributed by atoms with Crippen LogP contribution in [0.1, 0.15) is 16.1 Å². The molecule has 0 unspecified atom stereocenters. The van der Waals surface area contributed by atoms with E-state index in [1.165, 1.54) is 0 Å². The highest BCUT2D eigenvalue weighted by Gasteiger charge is 2.23. The maximum atomic E-state index is 12.9. The Morgan fingerprint density at radius 1 is 1.15 bits per heavy atom.